The molecule has 0 radical (unpaired) electrons. The summed E-state index contributed by atoms with van der Waals surface area (Å²) in [5.74, 6) is 0.997. The molecule has 2 rings (SSSR count). The molecule has 1 aromatic heterocycles. The third-order valence-corrected chi connectivity index (χ3v) is 3.37. The lowest BCUT2D eigenvalue weighted by Gasteiger charge is -2.13. The number of hydrogen-bond acceptors (Lipinski definition) is 3. The highest BCUT2D eigenvalue weighted by molar-refractivity contribution is 9.09. The fraction of sp³-hybridized carbons (Fsp3) is 0.333. The zero-order chi connectivity index (χ0) is 14.5. The predicted molar refractivity (Wildman–Crippen MR) is 82.3 cm³/mol. The van der Waals surface area contributed by atoms with Gasteiger partial charge in [-0.2, -0.15) is 0 Å². The van der Waals surface area contributed by atoms with Crippen LogP contribution in [0.5, 0.6) is 5.75 Å². The quantitative estimate of drug-likeness (QED) is 0.787. The van der Waals surface area contributed by atoms with Crippen LogP contribution in [0, 0.1) is 0 Å². The Balaban J connectivity index is 2.23. The molecule has 5 heteroatoms. The number of halogens is 1. The fourth-order valence-corrected chi connectivity index (χ4v) is 2.31. The summed E-state index contributed by atoms with van der Waals surface area (Å²) in [6, 6.07) is 9.75. The highest BCUT2D eigenvalue weighted by atomic mass is 79.9. The van der Waals surface area contributed by atoms with Crippen molar-refractivity contribution in [3.8, 4) is 5.75 Å². The Hall–Kier alpha value is -1.62. The summed E-state index contributed by atoms with van der Waals surface area (Å²) in [7, 11) is 0. The highest BCUT2D eigenvalue weighted by Gasteiger charge is 2.13. The Labute approximate surface area is 126 Å². The van der Waals surface area contributed by atoms with Crippen molar-refractivity contribution in [3.63, 3.8) is 0 Å². The van der Waals surface area contributed by atoms with Crippen molar-refractivity contribution < 1.29 is 4.74 Å². The van der Waals surface area contributed by atoms with Gasteiger partial charge in [-0.25, -0.2) is 4.98 Å². The van der Waals surface area contributed by atoms with Gasteiger partial charge < -0.3 is 4.74 Å². The summed E-state index contributed by atoms with van der Waals surface area (Å²) in [6.45, 7) is 4.80. The van der Waals surface area contributed by atoms with Gasteiger partial charge in [0.15, 0.2) is 0 Å². The average Bonchev–Trinajstić information content (AvgIpc) is 2.46. The SMILES string of the molecule is CCn1c(C(C)Br)ncc(OCc2ccccc2)c1=O. The van der Waals surface area contributed by atoms with E-state index in [1.807, 2.05) is 44.2 Å². The molecule has 2 aromatic rings. The summed E-state index contributed by atoms with van der Waals surface area (Å²) in [5.41, 5.74) is 0.882. The van der Waals surface area contributed by atoms with Crippen LogP contribution in [-0.4, -0.2) is 9.55 Å². The Kier molecular flexibility index (Phi) is 4.95. The van der Waals surface area contributed by atoms with Crippen LogP contribution in [-0.2, 0) is 13.2 Å². The first-order valence-corrected chi connectivity index (χ1v) is 7.45. The van der Waals surface area contributed by atoms with Gasteiger partial charge in [-0.3, -0.25) is 9.36 Å². The Morgan fingerprint density at radius 1 is 1.35 bits per heavy atom. The van der Waals surface area contributed by atoms with Crippen molar-refractivity contribution in [1.29, 1.82) is 0 Å². The number of alkyl halides is 1. The van der Waals surface area contributed by atoms with E-state index in [0.717, 1.165) is 5.56 Å². The van der Waals surface area contributed by atoms with Crippen LogP contribution in [0.4, 0.5) is 0 Å². The highest BCUT2D eigenvalue weighted by Crippen LogP contribution is 2.19. The van der Waals surface area contributed by atoms with Gasteiger partial charge in [0.05, 0.1) is 11.0 Å². The maximum atomic E-state index is 12.3. The lowest BCUT2D eigenvalue weighted by Crippen LogP contribution is -2.26. The van der Waals surface area contributed by atoms with Crippen LogP contribution in [0.2, 0.25) is 0 Å². The molecular formula is C15H17BrN2O2. The second-order valence-corrected chi connectivity index (χ2v) is 5.79. The van der Waals surface area contributed by atoms with Crippen molar-refractivity contribution >= 4 is 15.9 Å². The zero-order valence-electron chi connectivity index (χ0n) is 11.5. The summed E-state index contributed by atoms with van der Waals surface area (Å²) < 4.78 is 7.21. The van der Waals surface area contributed by atoms with Gasteiger partial charge in [0.25, 0.3) is 5.56 Å². The van der Waals surface area contributed by atoms with Gasteiger partial charge in [-0.15, -0.1) is 0 Å². The molecule has 0 spiro atoms. The molecule has 0 saturated heterocycles. The van der Waals surface area contributed by atoms with Crippen molar-refractivity contribution in [1.82, 2.24) is 9.55 Å². The van der Waals surface area contributed by atoms with Gasteiger partial charge >= 0.3 is 0 Å². The molecule has 0 aliphatic carbocycles. The van der Waals surface area contributed by atoms with Crippen LogP contribution in [0.15, 0.2) is 41.3 Å². The molecule has 0 bridgehead atoms. The third-order valence-electron chi connectivity index (χ3n) is 2.96. The summed E-state index contributed by atoms with van der Waals surface area (Å²) in [6.07, 6.45) is 1.50. The van der Waals surface area contributed by atoms with Crippen LogP contribution in [0.25, 0.3) is 0 Å². The maximum Gasteiger partial charge on any atom is 0.295 e. The largest absolute Gasteiger partial charge is 0.482 e. The number of rotatable bonds is 5. The molecular weight excluding hydrogens is 320 g/mol. The smallest absolute Gasteiger partial charge is 0.295 e. The van der Waals surface area contributed by atoms with Crippen molar-refractivity contribution in [2.45, 2.75) is 31.8 Å². The van der Waals surface area contributed by atoms with E-state index in [-0.39, 0.29) is 16.1 Å². The number of aromatic nitrogens is 2. The number of nitrogens with zero attached hydrogens (tertiary/aromatic N) is 2. The first-order chi connectivity index (χ1) is 9.63. The van der Waals surface area contributed by atoms with E-state index in [0.29, 0.717) is 19.0 Å². The number of ether oxygens (including phenoxy) is 1. The Morgan fingerprint density at radius 3 is 2.65 bits per heavy atom. The predicted octanol–water partition coefficient (Wildman–Crippen LogP) is 3.30. The van der Waals surface area contributed by atoms with E-state index in [2.05, 4.69) is 20.9 Å². The molecule has 106 valence electrons. The normalized spacial score (nSPS) is 12.2. The zero-order valence-corrected chi connectivity index (χ0v) is 13.1. The van der Waals surface area contributed by atoms with Gasteiger partial charge in [-0.1, -0.05) is 46.3 Å². The van der Waals surface area contributed by atoms with Crippen LogP contribution < -0.4 is 10.3 Å². The molecule has 1 aromatic carbocycles. The summed E-state index contributed by atoms with van der Waals surface area (Å²) in [4.78, 5) is 16.7. The van der Waals surface area contributed by atoms with Gasteiger partial charge in [0.2, 0.25) is 5.75 Å². The summed E-state index contributed by atoms with van der Waals surface area (Å²) in [5, 5.41) is 0. The van der Waals surface area contributed by atoms with E-state index >= 15 is 0 Å². The van der Waals surface area contributed by atoms with E-state index < -0.39 is 0 Å². The molecule has 20 heavy (non-hydrogen) atoms. The second-order valence-electron chi connectivity index (χ2n) is 4.42. The second kappa shape index (κ2) is 6.70. The number of hydrogen-bond donors (Lipinski definition) is 0. The minimum Gasteiger partial charge on any atom is -0.482 e. The molecule has 0 fully saturated rings. The van der Waals surface area contributed by atoms with E-state index in [4.69, 9.17) is 4.74 Å². The van der Waals surface area contributed by atoms with Crippen molar-refractivity contribution in [3.05, 3.63) is 58.3 Å². The third kappa shape index (κ3) is 3.28. The first kappa shape index (κ1) is 14.8. The standard InChI is InChI=1S/C15H17BrN2O2/c1-3-18-14(11(2)16)17-9-13(15(18)19)20-10-12-7-5-4-6-8-12/h4-9,11H,3,10H2,1-2H3. The Morgan fingerprint density at radius 2 is 2.05 bits per heavy atom. The molecule has 0 aliphatic rings. The molecule has 1 atom stereocenters. The van der Waals surface area contributed by atoms with E-state index in [1.54, 1.807) is 4.57 Å². The Bertz CT molecular complexity index is 624. The van der Waals surface area contributed by atoms with Gasteiger partial charge in [0.1, 0.15) is 12.4 Å². The van der Waals surface area contributed by atoms with E-state index in [1.165, 1.54) is 6.20 Å². The lowest BCUT2D eigenvalue weighted by molar-refractivity contribution is 0.296. The van der Waals surface area contributed by atoms with Crippen LogP contribution >= 0.6 is 15.9 Å². The average molecular weight is 337 g/mol. The lowest BCUT2D eigenvalue weighted by atomic mass is 10.2. The molecule has 0 amide bonds. The molecule has 0 saturated carbocycles. The molecule has 4 nitrogen and oxygen atoms in total. The van der Waals surface area contributed by atoms with E-state index in [9.17, 15) is 4.79 Å². The van der Waals surface area contributed by atoms with Crippen LogP contribution in [0.3, 0.4) is 0 Å². The molecule has 1 heterocycles. The first-order valence-electron chi connectivity index (χ1n) is 6.54. The van der Waals surface area contributed by atoms with Crippen molar-refractivity contribution in [2.24, 2.45) is 0 Å². The minimum atomic E-state index is -0.139. The summed E-state index contributed by atoms with van der Waals surface area (Å²) >= 11 is 3.45. The molecule has 0 aliphatic heterocycles. The van der Waals surface area contributed by atoms with Crippen molar-refractivity contribution in [2.75, 3.05) is 0 Å². The monoisotopic (exact) mass is 336 g/mol. The fourth-order valence-electron chi connectivity index (χ4n) is 1.94. The van der Waals surface area contributed by atoms with Crippen LogP contribution in [0.1, 0.15) is 30.1 Å². The minimum absolute atomic E-state index is 0.0262. The molecule has 0 N–H and O–H groups in total. The topological polar surface area (TPSA) is 44.1 Å². The number of benzene rings is 1. The maximum absolute atomic E-state index is 12.3. The van der Waals surface area contributed by atoms with Gasteiger partial charge in [-0.05, 0) is 19.4 Å². The van der Waals surface area contributed by atoms with Gasteiger partial charge in [0, 0.05) is 6.54 Å². The molecule has 1 unspecified atom stereocenters.